The summed E-state index contributed by atoms with van der Waals surface area (Å²) in [7, 11) is 0. The summed E-state index contributed by atoms with van der Waals surface area (Å²) in [5.74, 6) is -0.161. The van der Waals surface area contributed by atoms with Gasteiger partial charge in [0.2, 0.25) is 5.89 Å². The molecule has 3 aromatic carbocycles. The topological polar surface area (TPSA) is 152 Å². The van der Waals surface area contributed by atoms with Gasteiger partial charge in [0, 0.05) is 61.6 Å². The smallest absolute Gasteiger partial charge is 0.307 e. The molecule has 2 aliphatic rings. The second-order valence-electron chi connectivity index (χ2n) is 13.7. The number of aromatic nitrogens is 3. The van der Waals surface area contributed by atoms with Gasteiger partial charge in [-0.3, -0.25) is 19.6 Å². The number of hydrogen-bond acceptors (Lipinski definition) is 10. The molecule has 0 saturated carbocycles. The van der Waals surface area contributed by atoms with E-state index in [1.54, 1.807) is 12.3 Å². The van der Waals surface area contributed by atoms with Crippen LogP contribution in [0.5, 0.6) is 0 Å². The van der Waals surface area contributed by atoms with Crippen LogP contribution in [0.3, 0.4) is 0 Å². The van der Waals surface area contributed by atoms with E-state index in [1.165, 1.54) is 0 Å². The molecule has 52 heavy (non-hydrogen) atoms. The van der Waals surface area contributed by atoms with E-state index >= 15 is 0 Å². The number of aliphatic carboxylic acids is 1. The number of fused-ring (bicyclic) bond motifs is 2. The molecule has 262 valence electrons. The summed E-state index contributed by atoms with van der Waals surface area (Å²) in [4.78, 5) is 30.0. The molecule has 0 aliphatic carbocycles. The Kier molecular flexibility index (Phi) is 9.07. The first-order chi connectivity index (χ1) is 25.2. The van der Waals surface area contributed by atoms with Gasteiger partial charge >= 0.3 is 5.97 Å². The second kappa shape index (κ2) is 14.0. The number of pyridine rings is 2. The first-order valence-electron chi connectivity index (χ1n) is 17.3. The molecule has 5 heterocycles. The molecule has 2 atom stereocenters. The fourth-order valence-corrected chi connectivity index (χ4v) is 7.71. The number of carboxylic acid groups (broad SMARTS) is 1. The third-order valence-corrected chi connectivity index (χ3v) is 10.5. The SMILES string of the molecule is Cc1c(-c2nc3cc(CN4CC[C@@H](C(=O)O)C4)cc(C#N)c3o2)cccc1-c1cccc(Nc2nccc3cc(CN4CC[C@@H](O)C4)cnc23)c1Cl. The number of anilines is 2. The predicted molar refractivity (Wildman–Crippen MR) is 199 cm³/mol. The van der Waals surface area contributed by atoms with E-state index in [0.29, 0.717) is 71.7 Å². The first-order valence-corrected chi connectivity index (χ1v) is 17.7. The summed E-state index contributed by atoms with van der Waals surface area (Å²) in [6, 6.07) is 21.7. The van der Waals surface area contributed by atoms with Crippen LogP contribution in [-0.2, 0) is 17.9 Å². The normalized spacial score (nSPS) is 18.0. The van der Waals surface area contributed by atoms with Gasteiger partial charge in [-0.1, -0.05) is 35.9 Å². The molecule has 0 radical (unpaired) electrons. The molecule has 3 N–H and O–H groups in total. The lowest BCUT2D eigenvalue weighted by Gasteiger charge is -2.16. The van der Waals surface area contributed by atoms with Crippen molar-refractivity contribution in [2.45, 2.75) is 39.0 Å². The molecule has 0 amide bonds. The van der Waals surface area contributed by atoms with Crippen molar-refractivity contribution in [1.29, 1.82) is 5.26 Å². The number of rotatable bonds is 9. The molecule has 3 aromatic heterocycles. The Morgan fingerprint density at radius 3 is 2.56 bits per heavy atom. The Hall–Kier alpha value is -5.38. The summed E-state index contributed by atoms with van der Waals surface area (Å²) in [6.07, 6.45) is 4.76. The molecule has 8 rings (SSSR count). The number of aliphatic hydroxyl groups is 1. The molecule has 2 aliphatic heterocycles. The standard InChI is InChI=1S/C40H36ClN7O4/c1-23-30(4-2-5-31(23)39-46-34-16-24(14-28(17-42)37(34)52-39)19-47-12-9-27(21-47)40(50)51)32-6-3-7-33(35(32)41)45-38-36-26(8-11-43-38)15-25(18-44-36)20-48-13-10-29(49)22-48/h2-8,11,14-16,18,27,29,49H,9-10,12-13,19-22H2,1H3,(H,43,45)(H,50,51)/t27-,29-/m1/s1. The lowest BCUT2D eigenvalue weighted by atomic mass is 9.96. The van der Waals surface area contributed by atoms with Gasteiger partial charge in [0.1, 0.15) is 17.1 Å². The third kappa shape index (κ3) is 6.58. The van der Waals surface area contributed by atoms with E-state index in [0.717, 1.165) is 63.8 Å². The van der Waals surface area contributed by atoms with Gasteiger partial charge in [-0.05, 0) is 85.0 Å². The van der Waals surface area contributed by atoms with Gasteiger partial charge in [-0.25, -0.2) is 9.97 Å². The Morgan fingerprint density at radius 1 is 1.00 bits per heavy atom. The molecule has 0 spiro atoms. The van der Waals surface area contributed by atoms with Gasteiger partial charge in [0.15, 0.2) is 11.4 Å². The number of nitrogens with one attached hydrogen (secondary N) is 1. The van der Waals surface area contributed by atoms with Crippen molar-refractivity contribution >= 4 is 51.1 Å². The highest BCUT2D eigenvalue weighted by atomic mass is 35.5. The fraction of sp³-hybridized carbons (Fsp3) is 0.275. The zero-order chi connectivity index (χ0) is 35.9. The van der Waals surface area contributed by atoms with Gasteiger partial charge in [0.25, 0.3) is 0 Å². The van der Waals surface area contributed by atoms with Gasteiger partial charge in [0.05, 0.1) is 28.3 Å². The Balaban J connectivity index is 1.07. The molecule has 2 saturated heterocycles. The van der Waals surface area contributed by atoms with Gasteiger partial charge in [-0.15, -0.1) is 0 Å². The minimum absolute atomic E-state index is 0.267. The van der Waals surface area contributed by atoms with Crippen molar-refractivity contribution < 1.29 is 19.4 Å². The molecule has 2 fully saturated rings. The summed E-state index contributed by atoms with van der Waals surface area (Å²) in [6.45, 7) is 5.97. The highest BCUT2D eigenvalue weighted by molar-refractivity contribution is 6.36. The van der Waals surface area contributed by atoms with Crippen LogP contribution in [0.2, 0.25) is 5.02 Å². The van der Waals surface area contributed by atoms with Crippen molar-refractivity contribution in [3.63, 3.8) is 0 Å². The van der Waals surface area contributed by atoms with Crippen molar-refractivity contribution in [3.8, 4) is 28.7 Å². The maximum atomic E-state index is 11.5. The number of hydrogen-bond donors (Lipinski definition) is 3. The molecular formula is C40H36ClN7O4. The summed E-state index contributed by atoms with van der Waals surface area (Å²) in [5.41, 5.74) is 8.15. The first kappa shape index (κ1) is 33.7. The zero-order valence-corrected chi connectivity index (χ0v) is 29.3. The minimum atomic E-state index is -0.775. The number of aliphatic hydroxyl groups excluding tert-OH is 1. The number of oxazole rings is 1. The number of nitriles is 1. The summed E-state index contributed by atoms with van der Waals surface area (Å²) >= 11 is 7.12. The Morgan fingerprint density at radius 2 is 1.77 bits per heavy atom. The number of benzene rings is 3. The summed E-state index contributed by atoms with van der Waals surface area (Å²) < 4.78 is 6.25. The largest absolute Gasteiger partial charge is 0.481 e. The highest BCUT2D eigenvalue weighted by Gasteiger charge is 2.28. The van der Waals surface area contributed by atoms with Crippen LogP contribution in [0.15, 0.2) is 77.5 Å². The van der Waals surface area contributed by atoms with Crippen LogP contribution in [-0.4, -0.2) is 73.2 Å². The predicted octanol–water partition coefficient (Wildman–Crippen LogP) is 7.16. The monoisotopic (exact) mass is 713 g/mol. The molecule has 0 bridgehead atoms. The average molecular weight is 714 g/mol. The maximum Gasteiger partial charge on any atom is 0.307 e. The Labute approximate surface area is 305 Å². The van der Waals surface area contributed by atoms with Crippen molar-refractivity contribution in [3.05, 3.63) is 100 Å². The van der Waals surface area contributed by atoms with E-state index in [1.807, 2.05) is 61.7 Å². The molecular weight excluding hydrogens is 678 g/mol. The van der Waals surface area contributed by atoms with Gasteiger partial charge < -0.3 is 19.9 Å². The average Bonchev–Trinajstić information content (AvgIpc) is 3.89. The van der Waals surface area contributed by atoms with Crippen molar-refractivity contribution in [2.24, 2.45) is 5.92 Å². The van der Waals surface area contributed by atoms with Crippen LogP contribution >= 0.6 is 11.6 Å². The molecule has 11 nitrogen and oxygen atoms in total. The van der Waals surface area contributed by atoms with Gasteiger partial charge in [-0.2, -0.15) is 5.26 Å². The molecule has 0 unspecified atom stereocenters. The van der Waals surface area contributed by atoms with E-state index < -0.39 is 5.97 Å². The lowest BCUT2D eigenvalue weighted by Crippen LogP contribution is -2.22. The number of nitrogens with zero attached hydrogens (tertiary/aromatic N) is 6. The third-order valence-electron chi connectivity index (χ3n) is 10.1. The quantitative estimate of drug-likeness (QED) is 0.140. The lowest BCUT2D eigenvalue weighted by molar-refractivity contribution is -0.141. The zero-order valence-electron chi connectivity index (χ0n) is 28.5. The van der Waals surface area contributed by atoms with Crippen LogP contribution in [0, 0.1) is 24.2 Å². The number of likely N-dealkylation sites (tertiary alicyclic amines) is 2. The number of carboxylic acids is 1. The van der Waals surface area contributed by atoms with E-state index in [9.17, 15) is 20.3 Å². The fourth-order valence-electron chi connectivity index (χ4n) is 7.44. The maximum absolute atomic E-state index is 11.5. The molecule has 12 heteroatoms. The second-order valence-corrected chi connectivity index (χ2v) is 14.1. The number of β-amino-alcohol motifs (C(OH)–C–C–N with tert-alkyl or cyclic N) is 1. The van der Waals surface area contributed by atoms with E-state index in [4.69, 9.17) is 26.0 Å². The van der Waals surface area contributed by atoms with E-state index in [-0.39, 0.29) is 12.0 Å². The van der Waals surface area contributed by atoms with E-state index in [2.05, 4.69) is 32.2 Å². The minimum Gasteiger partial charge on any atom is -0.481 e. The van der Waals surface area contributed by atoms with Crippen LogP contribution in [0.1, 0.15) is 35.1 Å². The molecule has 6 aromatic rings. The number of carbonyl (C=O) groups is 1. The Bertz CT molecular complexity index is 2390. The number of halogens is 1. The van der Waals surface area contributed by atoms with Crippen LogP contribution < -0.4 is 5.32 Å². The van der Waals surface area contributed by atoms with Crippen molar-refractivity contribution in [1.82, 2.24) is 24.8 Å². The highest BCUT2D eigenvalue weighted by Crippen LogP contribution is 2.40. The van der Waals surface area contributed by atoms with Crippen LogP contribution in [0.4, 0.5) is 11.5 Å². The van der Waals surface area contributed by atoms with Crippen LogP contribution in [0.25, 0.3) is 44.6 Å². The summed E-state index contributed by atoms with van der Waals surface area (Å²) in [5, 5.41) is 34.2. The van der Waals surface area contributed by atoms with Crippen molar-refractivity contribution in [2.75, 3.05) is 31.5 Å².